The van der Waals surface area contributed by atoms with Crippen LogP contribution in [0.5, 0.6) is 0 Å². The standard InChI is InChI=1S/C28H34N8O3S/c1-5-30-24-18-31-28(36-14-7-6-8-15-36)34-25(24)26(29)33-23-16-20(13-12-19(23)2)27(37)32-21-10-9-11-22(17-21)40(38,39)35(3)4/h5,9-13,16-18,33H,1,6-8,14-15,29H2,2-4H3,(H,32,37)/b26-25-,30-24-. The van der Waals surface area contributed by atoms with Gasteiger partial charge in [-0.05, 0) is 62.1 Å². The number of anilines is 2. The third-order valence-corrected chi connectivity index (χ3v) is 8.33. The summed E-state index contributed by atoms with van der Waals surface area (Å²) in [6.07, 6.45) is 6.39. The summed E-state index contributed by atoms with van der Waals surface area (Å²) in [4.78, 5) is 28.8. The summed E-state index contributed by atoms with van der Waals surface area (Å²) in [5.41, 5.74) is 9.58. The Morgan fingerprint density at radius 1 is 1.12 bits per heavy atom. The summed E-state index contributed by atoms with van der Waals surface area (Å²) < 4.78 is 26.1. The van der Waals surface area contributed by atoms with Crippen molar-refractivity contribution in [1.29, 1.82) is 0 Å². The minimum absolute atomic E-state index is 0.0819. The molecule has 2 aliphatic rings. The van der Waals surface area contributed by atoms with Gasteiger partial charge >= 0.3 is 0 Å². The first kappa shape index (κ1) is 28.7. The highest BCUT2D eigenvalue weighted by Gasteiger charge is 2.22. The number of likely N-dealkylation sites (tertiary alicyclic amines) is 1. The molecule has 0 atom stereocenters. The quantitative estimate of drug-likeness (QED) is 0.471. The van der Waals surface area contributed by atoms with Gasteiger partial charge in [0, 0.05) is 50.3 Å². The van der Waals surface area contributed by atoms with Gasteiger partial charge in [0.15, 0.2) is 0 Å². The van der Waals surface area contributed by atoms with Crippen LogP contribution in [0.15, 0.2) is 86.6 Å². The van der Waals surface area contributed by atoms with Crippen molar-refractivity contribution in [2.75, 3.05) is 37.8 Å². The number of carbonyl (C=O) groups excluding carboxylic acids is 1. The molecule has 0 aliphatic carbocycles. The Morgan fingerprint density at radius 3 is 2.58 bits per heavy atom. The fourth-order valence-electron chi connectivity index (χ4n) is 4.25. The maximum Gasteiger partial charge on any atom is 0.255 e. The van der Waals surface area contributed by atoms with Crippen LogP contribution >= 0.6 is 0 Å². The molecule has 4 rings (SSSR count). The number of hydrogen-bond donors (Lipinski definition) is 3. The minimum Gasteiger partial charge on any atom is -0.383 e. The van der Waals surface area contributed by atoms with E-state index in [-0.39, 0.29) is 10.7 Å². The highest BCUT2D eigenvalue weighted by Crippen LogP contribution is 2.23. The van der Waals surface area contributed by atoms with Gasteiger partial charge in [0.25, 0.3) is 5.91 Å². The Kier molecular flexibility index (Phi) is 8.80. The fourth-order valence-corrected chi connectivity index (χ4v) is 5.20. The second-order valence-electron chi connectivity index (χ2n) is 9.60. The SMILES string of the molecule is C=C/N=C1/C=NC(N2CCCCC2)=N/C1=C(/N)Nc1cc(C(=O)Nc2cccc(S(=O)(=O)N(C)C)c2)ccc1C. The third-order valence-electron chi connectivity index (χ3n) is 6.52. The van der Waals surface area contributed by atoms with Gasteiger partial charge in [0.2, 0.25) is 16.0 Å². The summed E-state index contributed by atoms with van der Waals surface area (Å²) in [6, 6.07) is 11.3. The molecule has 1 amide bonds. The molecule has 0 aromatic heterocycles. The van der Waals surface area contributed by atoms with Gasteiger partial charge in [-0.25, -0.2) is 22.7 Å². The lowest BCUT2D eigenvalue weighted by atomic mass is 10.1. The smallest absolute Gasteiger partial charge is 0.255 e. The number of benzene rings is 2. The van der Waals surface area contributed by atoms with Crippen LogP contribution in [0, 0.1) is 6.92 Å². The zero-order chi connectivity index (χ0) is 28.9. The van der Waals surface area contributed by atoms with Crippen LogP contribution in [0.1, 0.15) is 35.2 Å². The molecule has 11 nitrogen and oxygen atoms in total. The zero-order valence-electron chi connectivity index (χ0n) is 22.9. The maximum absolute atomic E-state index is 13.1. The summed E-state index contributed by atoms with van der Waals surface area (Å²) in [7, 11) is -0.736. The molecule has 0 unspecified atom stereocenters. The van der Waals surface area contributed by atoms with Gasteiger partial charge in [-0.15, -0.1) is 0 Å². The van der Waals surface area contributed by atoms with Gasteiger partial charge in [-0.1, -0.05) is 18.7 Å². The lowest BCUT2D eigenvalue weighted by Gasteiger charge is -2.29. The number of allylic oxidation sites excluding steroid dienone is 1. The Labute approximate surface area is 235 Å². The van der Waals surface area contributed by atoms with Crippen LogP contribution in [0.25, 0.3) is 0 Å². The molecule has 1 fully saturated rings. The second-order valence-corrected chi connectivity index (χ2v) is 11.8. The van der Waals surface area contributed by atoms with Gasteiger partial charge < -0.3 is 21.3 Å². The molecule has 12 heteroatoms. The lowest BCUT2D eigenvalue weighted by molar-refractivity contribution is 0.102. The van der Waals surface area contributed by atoms with Gasteiger partial charge in [0.05, 0.1) is 11.1 Å². The number of carbonyl (C=O) groups is 1. The van der Waals surface area contributed by atoms with Crippen LogP contribution in [0.4, 0.5) is 11.4 Å². The van der Waals surface area contributed by atoms with E-state index in [1.165, 1.54) is 38.8 Å². The van der Waals surface area contributed by atoms with E-state index in [4.69, 9.17) is 10.7 Å². The molecule has 210 valence electrons. The number of nitrogens with one attached hydrogen (secondary N) is 2. The number of nitrogens with two attached hydrogens (primary N) is 1. The van der Waals surface area contributed by atoms with E-state index in [9.17, 15) is 13.2 Å². The number of rotatable bonds is 7. The Hall–Kier alpha value is -4.29. The molecular formula is C28H34N8O3S. The zero-order valence-corrected chi connectivity index (χ0v) is 23.7. The minimum atomic E-state index is -3.64. The first-order valence-corrected chi connectivity index (χ1v) is 14.3. The predicted octanol–water partition coefficient (Wildman–Crippen LogP) is 3.55. The lowest BCUT2D eigenvalue weighted by Crippen LogP contribution is -2.37. The summed E-state index contributed by atoms with van der Waals surface area (Å²) in [6.45, 7) is 7.33. The van der Waals surface area contributed by atoms with Crippen molar-refractivity contribution >= 4 is 45.2 Å². The molecule has 0 spiro atoms. The van der Waals surface area contributed by atoms with Crippen molar-refractivity contribution in [2.24, 2.45) is 20.7 Å². The Bertz CT molecular complexity index is 1530. The van der Waals surface area contributed by atoms with Crippen molar-refractivity contribution in [3.63, 3.8) is 0 Å². The normalized spacial score (nSPS) is 17.9. The van der Waals surface area contributed by atoms with Crippen molar-refractivity contribution in [3.05, 3.63) is 77.9 Å². The average molecular weight is 563 g/mol. The molecule has 0 saturated carbocycles. The van der Waals surface area contributed by atoms with E-state index >= 15 is 0 Å². The molecule has 40 heavy (non-hydrogen) atoms. The molecule has 2 aliphatic heterocycles. The number of guanidine groups is 1. The molecule has 0 bridgehead atoms. The number of aryl methyl sites for hydroxylation is 1. The van der Waals surface area contributed by atoms with Gasteiger partial charge in [-0.2, -0.15) is 0 Å². The maximum atomic E-state index is 13.1. The number of piperidine rings is 1. The monoisotopic (exact) mass is 562 g/mol. The van der Waals surface area contributed by atoms with E-state index in [0.29, 0.717) is 34.3 Å². The van der Waals surface area contributed by atoms with Crippen molar-refractivity contribution in [3.8, 4) is 0 Å². The topological polar surface area (TPSA) is 145 Å². The fraction of sp³-hybridized carbons (Fsp3) is 0.286. The first-order valence-electron chi connectivity index (χ1n) is 12.9. The number of nitrogens with zero attached hydrogens (tertiary/aromatic N) is 5. The second kappa shape index (κ2) is 12.3. The molecule has 2 heterocycles. The molecule has 4 N–H and O–H groups in total. The van der Waals surface area contributed by atoms with E-state index in [0.717, 1.165) is 35.8 Å². The van der Waals surface area contributed by atoms with Crippen molar-refractivity contribution in [1.82, 2.24) is 9.21 Å². The van der Waals surface area contributed by atoms with Gasteiger partial charge in [0.1, 0.15) is 17.2 Å². The average Bonchev–Trinajstić information content (AvgIpc) is 2.95. The molecule has 0 radical (unpaired) electrons. The van der Waals surface area contributed by atoms with E-state index < -0.39 is 15.9 Å². The van der Waals surface area contributed by atoms with Crippen LogP contribution in [0.2, 0.25) is 0 Å². The van der Waals surface area contributed by atoms with Crippen molar-refractivity contribution in [2.45, 2.75) is 31.1 Å². The van der Waals surface area contributed by atoms with E-state index in [2.05, 4.69) is 32.1 Å². The highest BCUT2D eigenvalue weighted by molar-refractivity contribution is 7.89. The van der Waals surface area contributed by atoms with Crippen LogP contribution in [-0.4, -0.2) is 68.6 Å². The molecule has 1 saturated heterocycles. The highest BCUT2D eigenvalue weighted by atomic mass is 32.2. The number of sulfonamides is 1. The summed E-state index contributed by atoms with van der Waals surface area (Å²) >= 11 is 0. The third kappa shape index (κ3) is 6.46. The number of aliphatic imine (C=N–C) groups is 3. The molecule has 2 aromatic rings. The van der Waals surface area contributed by atoms with Crippen LogP contribution in [0.3, 0.4) is 0 Å². The molecular weight excluding hydrogens is 528 g/mol. The Balaban J connectivity index is 1.59. The Morgan fingerprint density at radius 2 is 1.88 bits per heavy atom. The van der Waals surface area contributed by atoms with Crippen LogP contribution in [-0.2, 0) is 10.0 Å². The van der Waals surface area contributed by atoms with E-state index in [1.54, 1.807) is 36.5 Å². The summed E-state index contributed by atoms with van der Waals surface area (Å²) in [5, 5.41) is 5.95. The van der Waals surface area contributed by atoms with Crippen LogP contribution < -0.4 is 16.4 Å². The van der Waals surface area contributed by atoms with E-state index in [1.807, 2.05) is 6.92 Å². The number of hydrogen-bond acceptors (Lipinski definition) is 9. The molecule has 2 aromatic carbocycles. The van der Waals surface area contributed by atoms with Gasteiger partial charge in [-0.3, -0.25) is 9.79 Å². The summed E-state index contributed by atoms with van der Waals surface area (Å²) in [5.74, 6) is 0.437. The predicted molar refractivity (Wildman–Crippen MR) is 160 cm³/mol. The number of amides is 1. The largest absolute Gasteiger partial charge is 0.383 e. The first-order chi connectivity index (χ1) is 19.1. The van der Waals surface area contributed by atoms with Crippen molar-refractivity contribution < 1.29 is 13.2 Å².